The van der Waals surface area contributed by atoms with Crippen molar-refractivity contribution < 1.29 is 0 Å². The molecule has 56 heavy (non-hydrogen) atoms. The van der Waals surface area contributed by atoms with E-state index < -0.39 is 0 Å². The first-order valence-electron chi connectivity index (χ1n) is 19.9. The van der Waals surface area contributed by atoms with E-state index in [1.807, 2.05) is 18.2 Å². The molecule has 0 N–H and O–H groups in total. The highest BCUT2D eigenvalue weighted by Gasteiger charge is 2.34. The molecule has 0 fully saturated rings. The highest BCUT2D eigenvalue weighted by atomic mass is 14.8. The van der Waals surface area contributed by atoms with Crippen LogP contribution in [-0.2, 0) is 6.42 Å². The van der Waals surface area contributed by atoms with Gasteiger partial charge >= 0.3 is 0 Å². The molecule has 0 saturated heterocycles. The van der Waals surface area contributed by atoms with Crippen molar-refractivity contribution >= 4 is 21.8 Å². The lowest BCUT2D eigenvalue weighted by Gasteiger charge is -2.22. The van der Waals surface area contributed by atoms with Gasteiger partial charge in [0.1, 0.15) is 0 Å². The molecule has 11 rings (SSSR count). The number of aromatic nitrogens is 2. The summed E-state index contributed by atoms with van der Waals surface area (Å²) < 4.78 is 0. The summed E-state index contributed by atoms with van der Waals surface area (Å²) in [4.78, 5) is 10.3. The highest BCUT2D eigenvalue weighted by Crippen LogP contribution is 2.53. The van der Waals surface area contributed by atoms with Crippen LogP contribution in [0.1, 0.15) is 59.4 Å². The summed E-state index contributed by atoms with van der Waals surface area (Å²) >= 11 is 0. The summed E-state index contributed by atoms with van der Waals surface area (Å²) in [6, 6.07) is 55.8. The van der Waals surface area contributed by atoms with Crippen molar-refractivity contribution in [1.29, 1.82) is 0 Å². The zero-order valence-corrected chi connectivity index (χ0v) is 31.4. The van der Waals surface area contributed by atoms with Crippen molar-refractivity contribution in [2.75, 3.05) is 0 Å². The molecule has 266 valence electrons. The molecule has 0 saturated carbocycles. The Morgan fingerprint density at radius 2 is 1.23 bits per heavy atom. The number of nitrogens with zero attached hydrogens (tertiary/aromatic N) is 2. The quantitative estimate of drug-likeness (QED) is 0.181. The van der Waals surface area contributed by atoms with E-state index in [9.17, 15) is 0 Å². The first kappa shape index (κ1) is 32.8. The van der Waals surface area contributed by atoms with Crippen molar-refractivity contribution in [2.45, 2.75) is 38.0 Å². The molecule has 0 spiro atoms. The molecule has 7 aromatic carbocycles. The summed E-state index contributed by atoms with van der Waals surface area (Å²) in [6.07, 6.45) is 12.1. The molecular formula is C54H40N2. The smallest absolute Gasteiger partial charge is 0.0973 e. The van der Waals surface area contributed by atoms with Gasteiger partial charge in [0.15, 0.2) is 0 Å². The van der Waals surface area contributed by atoms with E-state index in [0.717, 1.165) is 52.8 Å². The van der Waals surface area contributed by atoms with E-state index in [-0.39, 0.29) is 11.8 Å². The molecule has 0 radical (unpaired) electrons. The number of aryl methyl sites for hydroxylation is 1. The summed E-state index contributed by atoms with van der Waals surface area (Å²) in [5, 5.41) is 2.63. The van der Waals surface area contributed by atoms with Gasteiger partial charge in [-0.3, -0.25) is 0 Å². The minimum Gasteiger partial charge on any atom is -0.244 e. The number of hydrogen-bond donors (Lipinski definition) is 0. The van der Waals surface area contributed by atoms with Crippen LogP contribution in [0.25, 0.3) is 66.6 Å². The van der Waals surface area contributed by atoms with Crippen molar-refractivity contribution in [2.24, 2.45) is 0 Å². The van der Waals surface area contributed by atoms with Crippen molar-refractivity contribution in [1.82, 2.24) is 9.97 Å². The number of fused-ring (bicyclic) bond motifs is 9. The van der Waals surface area contributed by atoms with E-state index in [1.54, 1.807) is 0 Å². The molecule has 8 aromatic rings. The maximum atomic E-state index is 5.20. The lowest BCUT2D eigenvalue weighted by Crippen LogP contribution is -2.04. The van der Waals surface area contributed by atoms with Crippen LogP contribution in [-0.4, -0.2) is 9.97 Å². The van der Waals surface area contributed by atoms with Gasteiger partial charge in [0, 0.05) is 23.0 Å². The van der Waals surface area contributed by atoms with Crippen LogP contribution >= 0.6 is 0 Å². The molecule has 2 atom stereocenters. The van der Waals surface area contributed by atoms with Crippen LogP contribution in [0.5, 0.6) is 0 Å². The summed E-state index contributed by atoms with van der Waals surface area (Å²) in [5.74, 6) is 0.494. The van der Waals surface area contributed by atoms with Crippen molar-refractivity contribution in [3.63, 3.8) is 0 Å². The second kappa shape index (κ2) is 13.3. The Morgan fingerprint density at radius 3 is 2.05 bits per heavy atom. The van der Waals surface area contributed by atoms with Gasteiger partial charge in [0.25, 0.3) is 0 Å². The first-order chi connectivity index (χ1) is 27.7. The second-order valence-corrected chi connectivity index (χ2v) is 15.7. The maximum Gasteiger partial charge on any atom is 0.0973 e. The molecule has 2 heteroatoms. The van der Waals surface area contributed by atoms with Crippen LogP contribution in [0.3, 0.4) is 0 Å². The van der Waals surface area contributed by atoms with Gasteiger partial charge in [-0.15, -0.1) is 0 Å². The van der Waals surface area contributed by atoms with Gasteiger partial charge in [-0.2, -0.15) is 0 Å². The van der Waals surface area contributed by atoms with Gasteiger partial charge in [-0.05, 0) is 105 Å². The van der Waals surface area contributed by atoms with Gasteiger partial charge < -0.3 is 0 Å². The van der Waals surface area contributed by atoms with Crippen molar-refractivity contribution in [3.8, 4) is 44.8 Å². The lowest BCUT2D eigenvalue weighted by atomic mass is 9.82. The monoisotopic (exact) mass is 716 g/mol. The fraction of sp³-hybridized carbons (Fsp3) is 0.111. The molecule has 3 aliphatic rings. The molecular weight excluding hydrogens is 677 g/mol. The number of allylic oxidation sites excluding steroid dienone is 6. The Morgan fingerprint density at radius 1 is 0.536 bits per heavy atom. The Bertz CT molecular complexity index is 2950. The van der Waals surface area contributed by atoms with Crippen LogP contribution < -0.4 is 0 Å². The van der Waals surface area contributed by atoms with Crippen LogP contribution in [0.4, 0.5) is 0 Å². The van der Waals surface area contributed by atoms with E-state index >= 15 is 0 Å². The third-order valence-electron chi connectivity index (χ3n) is 12.3. The Labute approximate surface area is 328 Å². The summed E-state index contributed by atoms with van der Waals surface area (Å²) in [7, 11) is 0. The molecule has 1 heterocycles. The lowest BCUT2D eigenvalue weighted by molar-refractivity contribution is 0.729. The highest BCUT2D eigenvalue weighted by molar-refractivity contribution is 5.96. The van der Waals surface area contributed by atoms with Gasteiger partial charge in [0.2, 0.25) is 0 Å². The summed E-state index contributed by atoms with van der Waals surface area (Å²) in [5.41, 5.74) is 21.3. The normalized spacial score (nSPS) is 16.9. The molecule has 0 amide bonds. The first-order valence-corrected chi connectivity index (χ1v) is 19.9. The summed E-state index contributed by atoms with van der Waals surface area (Å²) in [6.45, 7) is 2.26. The Balaban J connectivity index is 1.05. The molecule has 0 aliphatic heterocycles. The average molecular weight is 717 g/mol. The third kappa shape index (κ3) is 5.39. The van der Waals surface area contributed by atoms with Gasteiger partial charge in [0.05, 0.1) is 22.4 Å². The number of hydrogen-bond acceptors (Lipinski definition) is 2. The third-order valence-corrected chi connectivity index (χ3v) is 12.3. The largest absolute Gasteiger partial charge is 0.244 e. The number of benzene rings is 7. The number of para-hydroxylation sites is 2. The fourth-order valence-corrected chi connectivity index (χ4v) is 9.75. The SMILES string of the molecule is CC1=CC=CC=C(C2c3ccccc3-c3cc4c(cc32)CCC(c2ccc(-c3nc5ccccc5nc3-c3ccccc3)cc2)c2c-4ccc3ccccc23)C1. The van der Waals surface area contributed by atoms with Gasteiger partial charge in [-0.1, -0.05) is 169 Å². The predicted octanol–water partition coefficient (Wildman–Crippen LogP) is 13.8. The average Bonchev–Trinajstić information content (AvgIpc) is 3.33. The molecule has 2 nitrogen and oxygen atoms in total. The zero-order chi connectivity index (χ0) is 37.2. The maximum absolute atomic E-state index is 5.20. The minimum absolute atomic E-state index is 0.231. The predicted molar refractivity (Wildman–Crippen MR) is 233 cm³/mol. The van der Waals surface area contributed by atoms with E-state index in [1.165, 1.54) is 72.0 Å². The van der Waals surface area contributed by atoms with E-state index in [0.29, 0.717) is 0 Å². The molecule has 3 aliphatic carbocycles. The van der Waals surface area contributed by atoms with Crippen LogP contribution in [0, 0.1) is 0 Å². The van der Waals surface area contributed by atoms with Crippen molar-refractivity contribution in [3.05, 3.63) is 215 Å². The van der Waals surface area contributed by atoms with E-state index in [4.69, 9.17) is 9.97 Å². The molecule has 0 bridgehead atoms. The van der Waals surface area contributed by atoms with Crippen LogP contribution in [0.2, 0.25) is 0 Å². The molecule has 1 aromatic heterocycles. The Hall–Kier alpha value is -6.64. The standard InChI is InChI=1S/C54H40N2/c1-34-13-5-6-17-40(31-34)51-44-20-10-9-19-43(44)47-33-46-39(32-48(47)51)28-29-42(52-41-18-8-7-14-35(41)27-30-45(46)52)36-23-25-38(26-24-36)54-53(37-15-3-2-4-16-37)55-49-21-11-12-22-50(49)56-54/h2-27,30,32-33,42,51H,28-29,31H2,1H3. The number of rotatable bonds is 4. The van der Waals surface area contributed by atoms with Gasteiger partial charge in [-0.25, -0.2) is 9.97 Å². The molecule has 2 unspecified atom stereocenters. The van der Waals surface area contributed by atoms with Crippen LogP contribution in [0.15, 0.2) is 187 Å². The second-order valence-electron chi connectivity index (χ2n) is 15.7. The topological polar surface area (TPSA) is 25.8 Å². The Kier molecular flexibility index (Phi) is 7.77. The fourth-order valence-electron chi connectivity index (χ4n) is 9.75. The van der Waals surface area contributed by atoms with E-state index in [2.05, 4.69) is 165 Å². The zero-order valence-electron chi connectivity index (χ0n) is 31.4. The minimum atomic E-state index is 0.231.